The van der Waals surface area contributed by atoms with Crippen LogP contribution in [-0.4, -0.2) is 25.5 Å². The molecule has 2 aromatic rings. The van der Waals surface area contributed by atoms with Gasteiger partial charge in [-0.15, -0.1) is 0 Å². The number of imidazole rings is 1. The van der Waals surface area contributed by atoms with E-state index in [1.54, 1.807) is 6.20 Å². The number of aromatic nitrogens is 4. The van der Waals surface area contributed by atoms with Gasteiger partial charge in [0.25, 0.3) is 0 Å². The molecule has 1 saturated carbocycles. The summed E-state index contributed by atoms with van der Waals surface area (Å²) in [5.41, 5.74) is 0.989. The molecule has 2 heterocycles. The first kappa shape index (κ1) is 6.75. The molecule has 5 heteroatoms. The normalized spacial score (nSPS) is 19.4. The van der Waals surface area contributed by atoms with E-state index in [-0.39, 0.29) is 5.60 Å². The molecule has 5 nitrogen and oxygen atoms in total. The molecular weight excluding hydrogens is 180 g/mol. The molecule has 1 fully saturated rings. The Morgan fingerprint density at radius 2 is 2.43 bits per heavy atom. The van der Waals surface area contributed by atoms with Crippen molar-refractivity contribution in [1.29, 1.82) is 0 Å². The Hall–Kier alpha value is -1.65. The van der Waals surface area contributed by atoms with Crippen molar-refractivity contribution < 1.29 is 6.15 Å². The summed E-state index contributed by atoms with van der Waals surface area (Å²) in [6.45, 7) is 2.03. The van der Waals surface area contributed by atoms with Crippen LogP contribution in [0.2, 0.25) is 1.41 Å². The van der Waals surface area contributed by atoms with Crippen LogP contribution >= 0.6 is 0 Å². The summed E-state index contributed by atoms with van der Waals surface area (Å²) in [6, 6.07) is 0.330. The molecule has 1 aliphatic rings. The maximum Gasteiger partial charge on any atom is 0.319 e. The van der Waals surface area contributed by atoms with E-state index in [1.165, 1.54) is 6.33 Å². The molecule has 0 saturated heterocycles. The number of fused-ring (bicyclic) bond motifs is 1. The van der Waals surface area contributed by atoms with Crippen LogP contribution in [0, 0.1) is 0 Å². The standard InChI is InChI=1S/C9H10N4O/c1-9(2-3-9)14-8-10-4-6-7(13-8)12-5-11-6/h4-5H,2-3H2,1H3,(H,10,11,12,13)/i/hD. The molecule has 1 N–H and O–H groups in total. The predicted octanol–water partition coefficient (Wildman–Crippen LogP) is 1.28. The summed E-state index contributed by atoms with van der Waals surface area (Å²) in [7, 11) is 0. The molecule has 3 rings (SSSR count). The van der Waals surface area contributed by atoms with Gasteiger partial charge in [0.15, 0.2) is 7.06 Å². The maximum absolute atomic E-state index is 7.50. The van der Waals surface area contributed by atoms with E-state index in [0.29, 0.717) is 17.2 Å². The molecule has 0 amide bonds. The SMILES string of the molecule is [2H]n1cnc2cnc(OC3(C)CC3)nc21. The third-order valence-electron chi connectivity index (χ3n) is 2.40. The lowest BCUT2D eigenvalue weighted by atomic mass is 10.4. The largest absolute Gasteiger partial charge is 0.457 e. The van der Waals surface area contributed by atoms with Gasteiger partial charge in [0.1, 0.15) is 11.1 Å². The molecular formula is C9H10N4O. The molecule has 0 aliphatic heterocycles. The molecule has 0 bridgehead atoms. The minimum Gasteiger partial charge on any atom is -0.457 e. The second-order valence-corrected chi connectivity index (χ2v) is 3.79. The quantitative estimate of drug-likeness (QED) is 0.776. The number of aromatic amines is 1. The third-order valence-corrected chi connectivity index (χ3v) is 2.40. The van der Waals surface area contributed by atoms with Crippen LogP contribution in [0.25, 0.3) is 11.2 Å². The van der Waals surface area contributed by atoms with Gasteiger partial charge >= 0.3 is 6.01 Å². The fraction of sp³-hybridized carbons (Fsp3) is 0.444. The average Bonchev–Trinajstić information content (AvgIpc) is 2.82. The van der Waals surface area contributed by atoms with Gasteiger partial charge in [-0.2, -0.15) is 4.98 Å². The zero-order chi connectivity index (χ0) is 10.5. The fourth-order valence-corrected chi connectivity index (χ4v) is 1.23. The predicted molar refractivity (Wildman–Crippen MR) is 50.0 cm³/mol. The Morgan fingerprint density at radius 1 is 1.57 bits per heavy atom. The van der Waals surface area contributed by atoms with Crippen molar-refractivity contribution >= 4 is 11.2 Å². The van der Waals surface area contributed by atoms with Gasteiger partial charge in [-0.25, -0.2) is 9.97 Å². The van der Waals surface area contributed by atoms with Crippen LogP contribution in [0.5, 0.6) is 6.01 Å². The van der Waals surface area contributed by atoms with Gasteiger partial charge in [-0.1, -0.05) is 0 Å². The number of hydrogen-bond acceptors (Lipinski definition) is 4. The van der Waals surface area contributed by atoms with E-state index >= 15 is 0 Å². The molecule has 2 aromatic heterocycles. The van der Waals surface area contributed by atoms with Crippen molar-refractivity contribution in [3.8, 4) is 6.01 Å². The fourth-order valence-electron chi connectivity index (χ4n) is 1.23. The first-order valence-electron chi connectivity index (χ1n) is 4.99. The zero-order valence-electron chi connectivity index (χ0n) is 8.77. The number of ether oxygens (including phenoxy) is 1. The monoisotopic (exact) mass is 191 g/mol. The van der Waals surface area contributed by atoms with Crippen LogP contribution < -0.4 is 4.74 Å². The van der Waals surface area contributed by atoms with Crippen LogP contribution in [0.3, 0.4) is 0 Å². The molecule has 1 aliphatic carbocycles. The van der Waals surface area contributed by atoms with Gasteiger partial charge < -0.3 is 9.71 Å². The van der Waals surface area contributed by atoms with Gasteiger partial charge in [-0.3, -0.25) is 0 Å². The first-order valence-corrected chi connectivity index (χ1v) is 4.55. The lowest BCUT2D eigenvalue weighted by molar-refractivity contribution is 0.183. The molecule has 0 aromatic carbocycles. The number of H-pyrrole nitrogens is 1. The van der Waals surface area contributed by atoms with Crippen molar-refractivity contribution in [3.05, 3.63) is 12.5 Å². The number of hydrogen-bond donors (Lipinski definition) is 1. The Kier molecular flexibility index (Phi) is 1.17. The Bertz CT molecular complexity index is 520. The first-order chi connectivity index (χ1) is 7.16. The summed E-state index contributed by atoms with van der Waals surface area (Å²) < 4.78 is 13.1. The molecule has 0 radical (unpaired) electrons. The second kappa shape index (κ2) is 2.43. The Balaban J connectivity index is 2.01. The summed E-state index contributed by atoms with van der Waals surface area (Å²) >= 11 is 0. The lowest BCUT2D eigenvalue weighted by Gasteiger charge is -2.09. The van der Waals surface area contributed by atoms with Gasteiger partial charge in [0, 0.05) is 0 Å². The van der Waals surface area contributed by atoms with Crippen LogP contribution in [0.1, 0.15) is 19.8 Å². The molecule has 0 atom stereocenters. The molecule has 0 unspecified atom stereocenters. The Labute approximate surface area is 82.0 Å². The highest BCUT2D eigenvalue weighted by molar-refractivity contribution is 5.68. The van der Waals surface area contributed by atoms with E-state index in [9.17, 15) is 0 Å². The van der Waals surface area contributed by atoms with Gasteiger partial charge in [-0.05, 0) is 19.8 Å². The lowest BCUT2D eigenvalue weighted by Crippen LogP contribution is -2.14. The van der Waals surface area contributed by atoms with Crippen LogP contribution in [0.4, 0.5) is 0 Å². The highest BCUT2D eigenvalue weighted by Crippen LogP contribution is 2.38. The van der Waals surface area contributed by atoms with E-state index in [1.807, 2.05) is 6.92 Å². The molecule has 72 valence electrons. The highest BCUT2D eigenvalue weighted by Gasteiger charge is 2.40. The van der Waals surface area contributed by atoms with Gasteiger partial charge in [0.2, 0.25) is 0 Å². The second-order valence-electron chi connectivity index (χ2n) is 3.79. The zero-order valence-corrected chi connectivity index (χ0v) is 7.77. The van der Waals surface area contributed by atoms with E-state index in [4.69, 9.17) is 6.15 Å². The highest BCUT2D eigenvalue weighted by atomic mass is 16.5. The van der Waals surface area contributed by atoms with Crippen molar-refractivity contribution in [2.75, 3.05) is 0 Å². The summed E-state index contributed by atoms with van der Waals surface area (Å²) in [6.07, 6.45) is 5.04. The van der Waals surface area contributed by atoms with Gasteiger partial charge in [0.05, 0.1) is 12.5 Å². The molecule has 14 heavy (non-hydrogen) atoms. The smallest absolute Gasteiger partial charge is 0.319 e. The minimum absolute atomic E-state index is 0.0967. The van der Waals surface area contributed by atoms with Crippen LogP contribution in [-0.2, 0) is 0 Å². The van der Waals surface area contributed by atoms with Crippen molar-refractivity contribution in [3.63, 3.8) is 0 Å². The van der Waals surface area contributed by atoms with E-state index in [2.05, 4.69) is 15.0 Å². The van der Waals surface area contributed by atoms with Crippen LogP contribution in [0.15, 0.2) is 12.5 Å². The number of rotatable bonds is 2. The summed E-state index contributed by atoms with van der Waals surface area (Å²) in [5.74, 6) is 0. The number of nitrogens with zero attached hydrogens (tertiary/aromatic N) is 3. The number of nitrogens with one attached hydrogen (secondary N) is 1. The van der Waals surface area contributed by atoms with E-state index < -0.39 is 0 Å². The Morgan fingerprint density at radius 3 is 3.21 bits per heavy atom. The maximum atomic E-state index is 7.50. The topological polar surface area (TPSA) is 63.7 Å². The van der Waals surface area contributed by atoms with E-state index in [0.717, 1.165) is 17.8 Å². The third kappa shape index (κ3) is 1.21. The molecule has 0 spiro atoms. The summed E-state index contributed by atoms with van der Waals surface area (Å²) in [4.78, 5) is 13.3. The minimum atomic E-state index is -0.0967. The van der Waals surface area contributed by atoms with Crippen molar-refractivity contribution in [2.45, 2.75) is 25.4 Å². The summed E-state index contributed by atoms with van der Waals surface area (Å²) in [5, 5.41) is 0. The van der Waals surface area contributed by atoms with Crippen molar-refractivity contribution in [2.24, 2.45) is 0 Å². The van der Waals surface area contributed by atoms with Crippen molar-refractivity contribution in [1.82, 2.24) is 19.9 Å². The average molecular weight is 191 g/mol.